The van der Waals surface area contributed by atoms with Gasteiger partial charge in [-0.15, -0.1) is 0 Å². The van der Waals surface area contributed by atoms with Gasteiger partial charge in [0, 0.05) is 31.7 Å². The average Bonchev–Trinajstić information content (AvgIpc) is 3.27. The van der Waals surface area contributed by atoms with E-state index in [1.807, 2.05) is 56.3 Å². The molecular formula is C34H38N2O6. The molecule has 220 valence electrons. The molecule has 2 aliphatic heterocycles. The Labute approximate surface area is 247 Å². The number of nitrogens with zero attached hydrogens (tertiary/aromatic N) is 2. The summed E-state index contributed by atoms with van der Waals surface area (Å²) in [5.74, 6) is -0.154. The summed E-state index contributed by atoms with van der Waals surface area (Å²) in [5, 5.41) is 11.5. The largest absolute Gasteiger partial charge is 0.507 e. The lowest BCUT2D eigenvalue weighted by molar-refractivity contribution is -0.140. The molecule has 42 heavy (non-hydrogen) atoms. The third-order valence-electron chi connectivity index (χ3n) is 7.59. The van der Waals surface area contributed by atoms with Crippen LogP contribution >= 0.6 is 0 Å². The number of benzene rings is 3. The van der Waals surface area contributed by atoms with Crippen molar-refractivity contribution in [3.63, 3.8) is 0 Å². The lowest BCUT2D eigenvalue weighted by atomic mass is 9.95. The van der Waals surface area contributed by atoms with Gasteiger partial charge in [-0.1, -0.05) is 48.9 Å². The van der Waals surface area contributed by atoms with Crippen molar-refractivity contribution < 1.29 is 28.9 Å². The maximum absolute atomic E-state index is 13.4. The second kappa shape index (κ2) is 13.7. The Morgan fingerprint density at radius 3 is 2.31 bits per heavy atom. The van der Waals surface area contributed by atoms with Crippen molar-refractivity contribution in [2.24, 2.45) is 0 Å². The number of aliphatic hydroxyl groups is 1. The molecule has 1 amide bonds. The smallest absolute Gasteiger partial charge is 0.295 e. The van der Waals surface area contributed by atoms with E-state index >= 15 is 0 Å². The number of carbonyl (C=O) groups excluding carboxylic acids is 2. The Bertz CT molecular complexity index is 1410. The first-order valence-corrected chi connectivity index (χ1v) is 14.5. The summed E-state index contributed by atoms with van der Waals surface area (Å²) in [6, 6.07) is 21.7. The molecular weight excluding hydrogens is 532 g/mol. The summed E-state index contributed by atoms with van der Waals surface area (Å²) >= 11 is 0. The van der Waals surface area contributed by atoms with Gasteiger partial charge >= 0.3 is 0 Å². The molecule has 2 fully saturated rings. The van der Waals surface area contributed by atoms with Crippen LogP contribution in [0.4, 0.5) is 0 Å². The first-order chi connectivity index (χ1) is 20.4. The predicted octanol–water partition coefficient (Wildman–Crippen LogP) is 5.12. The maximum atomic E-state index is 13.4. The monoisotopic (exact) mass is 570 g/mol. The Kier molecular flexibility index (Phi) is 9.56. The number of ether oxygens (including phenoxy) is 3. The summed E-state index contributed by atoms with van der Waals surface area (Å²) < 4.78 is 17.1. The number of aliphatic hydroxyl groups excluding tert-OH is 1. The number of Topliss-reactive ketones (excluding diaryl/α,β-unsaturated/α-hetero) is 1. The van der Waals surface area contributed by atoms with E-state index in [4.69, 9.17) is 14.2 Å². The summed E-state index contributed by atoms with van der Waals surface area (Å²) in [7, 11) is 0. The molecule has 0 spiro atoms. The molecule has 2 saturated heterocycles. The van der Waals surface area contributed by atoms with Crippen molar-refractivity contribution in [2.45, 2.75) is 32.9 Å². The van der Waals surface area contributed by atoms with Gasteiger partial charge in [0.2, 0.25) is 0 Å². The topological polar surface area (TPSA) is 88.5 Å². The summed E-state index contributed by atoms with van der Waals surface area (Å²) in [4.78, 5) is 30.6. The van der Waals surface area contributed by atoms with Crippen LogP contribution in [0.2, 0.25) is 0 Å². The van der Waals surface area contributed by atoms with E-state index < -0.39 is 17.7 Å². The zero-order valence-electron chi connectivity index (χ0n) is 24.3. The molecule has 0 aliphatic carbocycles. The number of ketones is 1. The van der Waals surface area contributed by atoms with Gasteiger partial charge in [-0.25, -0.2) is 0 Å². The standard InChI is InChI=1S/C34H38N2O6/c1-3-19-41-28-11-7-26(8-12-28)31-30(33(38)34(39)36(31)16-15-35-17-20-40-21-18-35)32(37)27-9-13-29(14-10-27)42-23-25-6-4-5-24(2)22-25/h4-14,22,31,37H,3,15-21,23H2,1-2H3. The molecule has 2 heterocycles. The van der Waals surface area contributed by atoms with E-state index in [0.29, 0.717) is 56.6 Å². The van der Waals surface area contributed by atoms with Crippen LogP contribution < -0.4 is 9.47 Å². The number of aryl methyl sites for hydroxylation is 1. The summed E-state index contributed by atoms with van der Waals surface area (Å²) in [6.45, 7) is 8.89. The molecule has 1 atom stereocenters. The Hall–Kier alpha value is -4.14. The fraction of sp³-hybridized carbons (Fsp3) is 0.353. The highest BCUT2D eigenvalue weighted by Crippen LogP contribution is 2.40. The van der Waals surface area contributed by atoms with E-state index in [-0.39, 0.29) is 11.3 Å². The number of morpholine rings is 1. The molecule has 2 aliphatic rings. The third kappa shape index (κ3) is 6.83. The van der Waals surface area contributed by atoms with Gasteiger partial charge in [0.1, 0.15) is 23.9 Å². The minimum atomic E-state index is -0.719. The van der Waals surface area contributed by atoms with Crippen molar-refractivity contribution in [3.8, 4) is 11.5 Å². The van der Waals surface area contributed by atoms with Gasteiger partial charge in [-0.3, -0.25) is 14.5 Å². The Morgan fingerprint density at radius 1 is 0.929 bits per heavy atom. The van der Waals surface area contributed by atoms with Gasteiger partial charge < -0.3 is 24.2 Å². The van der Waals surface area contributed by atoms with Crippen LogP contribution in [0.15, 0.2) is 78.4 Å². The van der Waals surface area contributed by atoms with E-state index in [9.17, 15) is 14.7 Å². The highest BCUT2D eigenvalue weighted by Gasteiger charge is 2.46. The minimum Gasteiger partial charge on any atom is -0.507 e. The number of hydrogen-bond acceptors (Lipinski definition) is 7. The van der Waals surface area contributed by atoms with Crippen LogP contribution in [0.1, 0.15) is 41.6 Å². The number of rotatable bonds is 11. The van der Waals surface area contributed by atoms with Crippen LogP contribution in [0.5, 0.6) is 11.5 Å². The van der Waals surface area contributed by atoms with Crippen molar-refractivity contribution in [1.82, 2.24) is 9.80 Å². The number of likely N-dealkylation sites (tertiary alicyclic amines) is 1. The van der Waals surface area contributed by atoms with Crippen molar-refractivity contribution in [1.29, 1.82) is 0 Å². The van der Waals surface area contributed by atoms with Crippen LogP contribution in [-0.2, 0) is 20.9 Å². The SMILES string of the molecule is CCCOc1ccc(C2C(=C(O)c3ccc(OCc4cccc(C)c4)cc3)C(=O)C(=O)N2CCN2CCOCC2)cc1. The molecule has 8 heteroatoms. The normalized spacial score (nSPS) is 18.8. The number of amides is 1. The summed E-state index contributed by atoms with van der Waals surface area (Å²) in [6.07, 6.45) is 0.888. The van der Waals surface area contributed by atoms with Gasteiger partial charge in [0.25, 0.3) is 11.7 Å². The van der Waals surface area contributed by atoms with Crippen molar-refractivity contribution >= 4 is 17.4 Å². The molecule has 3 aromatic carbocycles. The van der Waals surface area contributed by atoms with Crippen molar-refractivity contribution in [2.75, 3.05) is 46.0 Å². The second-order valence-corrected chi connectivity index (χ2v) is 10.7. The fourth-order valence-electron chi connectivity index (χ4n) is 5.33. The molecule has 0 aromatic heterocycles. The molecule has 3 aromatic rings. The minimum absolute atomic E-state index is 0.0811. The third-order valence-corrected chi connectivity index (χ3v) is 7.59. The lowest BCUT2D eigenvalue weighted by Gasteiger charge is -2.31. The second-order valence-electron chi connectivity index (χ2n) is 10.7. The van der Waals surface area contributed by atoms with Gasteiger partial charge in [0.05, 0.1) is 31.4 Å². The van der Waals surface area contributed by atoms with Crippen LogP contribution in [0.25, 0.3) is 5.76 Å². The fourth-order valence-corrected chi connectivity index (χ4v) is 5.33. The first-order valence-electron chi connectivity index (χ1n) is 14.5. The molecule has 5 rings (SSSR count). The summed E-state index contributed by atoms with van der Waals surface area (Å²) in [5.41, 5.74) is 3.48. The van der Waals surface area contributed by atoms with Gasteiger partial charge in [0.15, 0.2) is 0 Å². The Morgan fingerprint density at radius 2 is 1.62 bits per heavy atom. The van der Waals surface area contributed by atoms with E-state index in [1.165, 1.54) is 0 Å². The molecule has 0 bridgehead atoms. The van der Waals surface area contributed by atoms with E-state index in [0.717, 1.165) is 36.2 Å². The van der Waals surface area contributed by atoms with Gasteiger partial charge in [-0.05, 0) is 60.9 Å². The van der Waals surface area contributed by atoms with Crippen LogP contribution in [0, 0.1) is 6.92 Å². The highest BCUT2D eigenvalue weighted by molar-refractivity contribution is 6.46. The molecule has 1 N–H and O–H groups in total. The number of carbonyl (C=O) groups is 2. The van der Waals surface area contributed by atoms with Crippen molar-refractivity contribution in [3.05, 3.63) is 101 Å². The quantitative estimate of drug-likeness (QED) is 0.195. The zero-order chi connectivity index (χ0) is 29.5. The maximum Gasteiger partial charge on any atom is 0.295 e. The first kappa shape index (κ1) is 29.4. The highest BCUT2D eigenvalue weighted by atomic mass is 16.5. The molecule has 0 saturated carbocycles. The van der Waals surface area contributed by atoms with E-state index in [1.54, 1.807) is 29.2 Å². The number of hydrogen-bond donors (Lipinski definition) is 1. The predicted molar refractivity (Wildman–Crippen MR) is 160 cm³/mol. The lowest BCUT2D eigenvalue weighted by Crippen LogP contribution is -2.42. The molecule has 0 radical (unpaired) electrons. The van der Waals surface area contributed by atoms with Crippen LogP contribution in [0.3, 0.4) is 0 Å². The zero-order valence-corrected chi connectivity index (χ0v) is 24.3. The Balaban J connectivity index is 1.41. The van der Waals surface area contributed by atoms with Gasteiger partial charge in [-0.2, -0.15) is 0 Å². The van der Waals surface area contributed by atoms with E-state index in [2.05, 4.69) is 11.0 Å². The van der Waals surface area contributed by atoms with Crippen LogP contribution in [-0.4, -0.2) is 72.6 Å². The molecule has 1 unspecified atom stereocenters. The average molecular weight is 571 g/mol. The molecule has 8 nitrogen and oxygen atoms in total.